The van der Waals surface area contributed by atoms with E-state index in [9.17, 15) is 9.90 Å². The van der Waals surface area contributed by atoms with Gasteiger partial charge in [0.15, 0.2) is 0 Å². The van der Waals surface area contributed by atoms with E-state index in [1.165, 1.54) is 12.3 Å². The molecule has 0 aromatic heterocycles. The van der Waals surface area contributed by atoms with Crippen LogP contribution in [0.2, 0.25) is 0 Å². The third kappa shape index (κ3) is 3.49. The van der Waals surface area contributed by atoms with E-state index in [1.807, 2.05) is 6.07 Å². The average molecular weight is 257 g/mol. The maximum atomic E-state index is 11.9. The first-order valence-electron chi connectivity index (χ1n) is 6.07. The van der Waals surface area contributed by atoms with Gasteiger partial charge in [0.25, 0.3) is 5.91 Å². The van der Waals surface area contributed by atoms with Gasteiger partial charge in [0.2, 0.25) is 0 Å². The molecule has 3 N–H and O–H groups in total. The summed E-state index contributed by atoms with van der Waals surface area (Å²) in [5.74, 6) is -0.314. The summed E-state index contributed by atoms with van der Waals surface area (Å²) in [6.07, 6.45) is 3.62. The number of phenols is 1. The maximum absolute atomic E-state index is 11.9. The van der Waals surface area contributed by atoms with Gasteiger partial charge in [-0.2, -0.15) is 5.26 Å². The number of phenolic OH excluding ortho intramolecular Hbond substituents is 1. The Morgan fingerprint density at radius 3 is 2.84 bits per heavy atom. The first-order chi connectivity index (χ1) is 9.10. The average Bonchev–Trinajstić information content (AvgIpc) is 3.17. The summed E-state index contributed by atoms with van der Waals surface area (Å²) < 4.78 is 0. The van der Waals surface area contributed by atoms with Crippen molar-refractivity contribution in [3.8, 4) is 11.8 Å². The van der Waals surface area contributed by atoms with Gasteiger partial charge in [-0.25, -0.2) is 0 Å². The molecule has 5 nitrogen and oxygen atoms in total. The first-order valence-corrected chi connectivity index (χ1v) is 6.07. The fourth-order valence-corrected chi connectivity index (χ4v) is 1.58. The van der Waals surface area contributed by atoms with Gasteiger partial charge in [0.1, 0.15) is 17.4 Å². The number of carbonyl (C=O) groups excluding carboxylic acids is 1. The van der Waals surface area contributed by atoms with Gasteiger partial charge in [-0.05, 0) is 43.5 Å². The summed E-state index contributed by atoms with van der Waals surface area (Å²) >= 11 is 0. The number of hydrogen-bond donors (Lipinski definition) is 3. The molecule has 1 aromatic rings. The first kappa shape index (κ1) is 13.0. The number of nitriles is 1. The Morgan fingerprint density at radius 2 is 2.26 bits per heavy atom. The number of hydrogen-bond acceptors (Lipinski definition) is 4. The molecule has 1 aliphatic rings. The number of anilines is 1. The van der Waals surface area contributed by atoms with Crippen LogP contribution in [0, 0.1) is 18.3 Å². The van der Waals surface area contributed by atoms with Gasteiger partial charge in [-0.15, -0.1) is 0 Å². The van der Waals surface area contributed by atoms with Crippen molar-refractivity contribution in [2.24, 2.45) is 0 Å². The molecule has 1 aliphatic carbocycles. The van der Waals surface area contributed by atoms with Crippen LogP contribution in [-0.2, 0) is 4.79 Å². The van der Waals surface area contributed by atoms with Crippen LogP contribution in [0.5, 0.6) is 5.75 Å². The van der Waals surface area contributed by atoms with E-state index in [0.717, 1.165) is 18.4 Å². The predicted molar refractivity (Wildman–Crippen MR) is 71.3 cm³/mol. The zero-order valence-electron chi connectivity index (χ0n) is 10.6. The van der Waals surface area contributed by atoms with Crippen molar-refractivity contribution in [2.75, 3.05) is 5.32 Å². The lowest BCUT2D eigenvalue weighted by Crippen LogP contribution is -2.18. The van der Waals surface area contributed by atoms with Crippen molar-refractivity contribution in [1.29, 1.82) is 5.26 Å². The molecule has 0 radical (unpaired) electrons. The van der Waals surface area contributed by atoms with E-state index in [-0.39, 0.29) is 11.3 Å². The molecule has 98 valence electrons. The second kappa shape index (κ2) is 5.44. The molecule has 1 aromatic carbocycles. The zero-order valence-corrected chi connectivity index (χ0v) is 10.6. The standard InChI is InChI=1S/C14H15N3O2/c1-9-6-12(18)4-5-13(9)17-14(19)10(7-15)8-16-11-2-3-11/h4-6,8,11,16,18H,2-3H2,1H3,(H,17,19)/b10-8-. The van der Waals surface area contributed by atoms with Crippen LogP contribution < -0.4 is 10.6 Å². The molecule has 19 heavy (non-hydrogen) atoms. The van der Waals surface area contributed by atoms with Crippen LogP contribution in [0.25, 0.3) is 0 Å². The third-order valence-corrected chi connectivity index (χ3v) is 2.86. The molecular weight excluding hydrogens is 242 g/mol. The minimum atomic E-state index is -0.454. The minimum absolute atomic E-state index is 0.0411. The van der Waals surface area contributed by atoms with E-state index in [2.05, 4.69) is 10.6 Å². The Labute approximate surface area is 111 Å². The van der Waals surface area contributed by atoms with Gasteiger partial charge < -0.3 is 15.7 Å². The minimum Gasteiger partial charge on any atom is -0.508 e. The number of amides is 1. The topological polar surface area (TPSA) is 85.2 Å². The monoisotopic (exact) mass is 257 g/mol. The second-order valence-electron chi connectivity index (χ2n) is 4.56. The highest BCUT2D eigenvalue weighted by atomic mass is 16.3. The van der Waals surface area contributed by atoms with Crippen LogP contribution >= 0.6 is 0 Å². The molecule has 1 amide bonds. The number of nitrogens with zero attached hydrogens (tertiary/aromatic N) is 1. The smallest absolute Gasteiger partial charge is 0.267 e. The molecule has 0 aliphatic heterocycles. The molecule has 0 heterocycles. The maximum Gasteiger partial charge on any atom is 0.267 e. The van der Waals surface area contributed by atoms with Crippen molar-refractivity contribution in [3.05, 3.63) is 35.5 Å². The highest BCUT2D eigenvalue weighted by molar-refractivity contribution is 6.06. The summed E-state index contributed by atoms with van der Waals surface area (Å²) in [5, 5.41) is 23.9. The quantitative estimate of drug-likeness (QED) is 0.436. The Hall–Kier alpha value is -2.48. The summed E-state index contributed by atoms with van der Waals surface area (Å²) in [6, 6.07) is 6.91. The number of aromatic hydroxyl groups is 1. The van der Waals surface area contributed by atoms with E-state index in [4.69, 9.17) is 5.26 Å². The fraction of sp³-hybridized carbons (Fsp3) is 0.286. The van der Waals surface area contributed by atoms with Crippen molar-refractivity contribution < 1.29 is 9.90 Å². The second-order valence-corrected chi connectivity index (χ2v) is 4.56. The van der Waals surface area contributed by atoms with Crippen molar-refractivity contribution in [3.63, 3.8) is 0 Å². The lowest BCUT2D eigenvalue weighted by Gasteiger charge is -2.08. The third-order valence-electron chi connectivity index (χ3n) is 2.86. The van der Waals surface area contributed by atoms with Crippen LogP contribution in [0.1, 0.15) is 18.4 Å². The number of carbonyl (C=O) groups is 1. The Bertz CT molecular complexity index is 569. The summed E-state index contributed by atoms with van der Waals surface area (Å²) in [5.41, 5.74) is 1.36. The van der Waals surface area contributed by atoms with E-state index in [0.29, 0.717) is 11.7 Å². The summed E-state index contributed by atoms with van der Waals surface area (Å²) in [4.78, 5) is 11.9. The highest BCUT2D eigenvalue weighted by Crippen LogP contribution is 2.21. The number of aryl methyl sites for hydroxylation is 1. The molecule has 5 heteroatoms. The van der Waals surface area contributed by atoms with Crippen molar-refractivity contribution in [2.45, 2.75) is 25.8 Å². The molecule has 1 fully saturated rings. The molecule has 1 saturated carbocycles. The Kier molecular flexibility index (Phi) is 3.71. The van der Waals surface area contributed by atoms with Gasteiger partial charge in [-0.3, -0.25) is 4.79 Å². The van der Waals surface area contributed by atoms with Crippen molar-refractivity contribution in [1.82, 2.24) is 5.32 Å². The van der Waals surface area contributed by atoms with Crippen molar-refractivity contribution >= 4 is 11.6 Å². The molecule has 0 bridgehead atoms. The summed E-state index contributed by atoms with van der Waals surface area (Å²) in [6.45, 7) is 1.77. The SMILES string of the molecule is Cc1cc(O)ccc1NC(=O)/C(C#N)=C\NC1CC1. The zero-order chi connectivity index (χ0) is 13.8. The van der Waals surface area contributed by atoms with Crippen LogP contribution in [-0.4, -0.2) is 17.1 Å². The largest absolute Gasteiger partial charge is 0.508 e. The highest BCUT2D eigenvalue weighted by Gasteiger charge is 2.20. The Morgan fingerprint density at radius 1 is 1.53 bits per heavy atom. The molecule has 0 spiro atoms. The lowest BCUT2D eigenvalue weighted by molar-refractivity contribution is -0.112. The molecule has 2 rings (SSSR count). The van der Waals surface area contributed by atoms with Crippen LogP contribution in [0.3, 0.4) is 0 Å². The fourth-order valence-electron chi connectivity index (χ4n) is 1.58. The van der Waals surface area contributed by atoms with E-state index >= 15 is 0 Å². The van der Waals surface area contributed by atoms with Gasteiger partial charge in [0.05, 0.1) is 0 Å². The van der Waals surface area contributed by atoms with E-state index < -0.39 is 5.91 Å². The summed E-state index contributed by atoms with van der Waals surface area (Å²) in [7, 11) is 0. The van der Waals surface area contributed by atoms with E-state index in [1.54, 1.807) is 19.1 Å². The number of benzene rings is 1. The van der Waals surface area contributed by atoms with Gasteiger partial charge in [0, 0.05) is 17.9 Å². The number of rotatable bonds is 4. The molecule has 0 unspecified atom stereocenters. The lowest BCUT2D eigenvalue weighted by atomic mass is 10.2. The predicted octanol–water partition coefficient (Wildman–Crippen LogP) is 1.80. The van der Waals surface area contributed by atoms with Crippen LogP contribution in [0.15, 0.2) is 30.0 Å². The van der Waals surface area contributed by atoms with Crippen LogP contribution in [0.4, 0.5) is 5.69 Å². The Balaban J connectivity index is 2.06. The molecule has 0 atom stereocenters. The van der Waals surface area contributed by atoms with Gasteiger partial charge in [-0.1, -0.05) is 0 Å². The number of nitrogens with one attached hydrogen (secondary N) is 2. The normalized spacial score (nSPS) is 14.6. The molecular formula is C14H15N3O2. The van der Waals surface area contributed by atoms with Gasteiger partial charge >= 0.3 is 0 Å². The molecule has 0 saturated heterocycles.